The Hall–Kier alpha value is -2.50. The van der Waals surface area contributed by atoms with Crippen LogP contribution in [0.1, 0.15) is 18.1 Å². The van der Waals surface area contributed by atoms with Crippen LogP contribution < -0.4 is 16.0 Å². The van der Waals surface area contributed by atoms with Crippen molar-refractivity contribution in [2.75, 3.05) is 7.11 Å². The van der Waals surface area contributed by atoms with E-state index in [1.54, 1.807) is 32.2 Å². The molecule has 0 saturated carbocycles. The van der Waals surface area contributed by atoms with Crippen molar-refractivity contribution in [3.05, 3.63) is 50.2 Å². The number of nitrogens with one attached hydrogen (secondary N) is 1. The van der Waals surface area contributed by atoms with Gasteiger partial charge in [0.25, 0.3) is 5.56 Å². The SMILES string of the molecule is CCc1c(O)n(-c2ccc(OC)c(C)c2)c(=O)[nH]c1=O. The van der Waals surface area contributed by atoms with Crippen molar-refractivity contribution in [2.45, 2.75) is 20.3 Å². The number of ether oxygens (including phenoxy) is 1. The zero-order valence-corrected chi connectivity index (χ0v) is 11.6. The van der Waals surface area contributed by atoms with Gasteiger partial charge in [0.05, 0.1) is 18.4 Å². The molecule has 0 aliphatic carbocycles. The lowest BCUT2D eigenvalue weighted by Crippen LogP contribution is -2.31. The first kappa shape index (κ1) is 13.9. The van der Waals surface area contributed by atoms with Crippen LogP contribution in [-0.4, -0.2) is 21.8 Å². The number of benzene rings is 1. The van der Waals surface area contributed by atoms with Crippen molar-refractivity contribution in [2.24, 2.45) is 0 Å². The Morgan fingerprint density at radius 2 is 2.05 bits per heavy atom. The van der Waals surface area contributed by atoms with Gasteiger partial charge >= 0.3 is 5.69 Å². The molecule has 20 heavy (non-hydrogen) atoms. The lowest BCUT2D eigenvalue weighted by molar-refractivity contribution is 0.410. The second-order valence-corrected chi connectivity index (χ2v) is 4.40. The number of hydrogen-bond donors (Lipinski definition) is 2. The molecule has 2 N–H and O–H groups in total. The lowest BCUT2D eigenvalue weighted by atomic mass is 10.2. The fourth-order valence-electron chi connectivity index (χ4n) is 2.12. The van der Waals surface area contributed by atoms with Gasteiger partial charge in [-0.15, -0.1) is 0 Å². The van der Waals surface area contributed by atoms with Crippen LogP contribution in [0.2, 0.25) is 0 Å². The maximum atomic E-state index is 11.9. The monoisotopic (exact) mass is 276 g/mol. The second-order valence-electron chi connectivity index (χ2n) is 4.40. The molecule has 1 aromatic carbocycles. The molecule has 0 bridgehead atoms. The van der Waals surface area contributed by atoms with Crippen LogP contribution in [0.25, 0.3) is 5.69 Å². The highest BCUT2D eigenvalue weighted by Crippen LogP contribution is 2.23. The Balaban J connectivity index is 2.73. The largest absolute Gasteiger partial charge is 0.496 e. The molecular weight excluding hydrogens is 260 g/mol. The van der Waals surface area contributed by atoms with E-state index in [1.807, 2.05) is 6.92 Å². The molecule has 0 radical (unpaired) electrons. The van der Waals surface area contributed by atoms with Gasteiger partial charge in [0, 0.05) is 0 Å². The van der Waals surface area contributed by atoms with Crippen LogP contribution >= 0.6 is 0 Å². The first-order chi connectivity index (χ1) is 9.49. The first-order valence-electron chi connectivity index (χ1n) is 6.21. The van der Waals surface area contributed by atoms with Crippen molar-refractivity contribution in [1.29, 1.82) is 0 Å². The van der Waals surface area contributed by atoms with Crippen molar-refractivity contribution in [3.8, 4) is 17.3 Å². The third-order valence-electron chi connectivity index (χ3n) is 3.17. The minimum absolute atomic E-state index is 0.179. The van der Waals surface area contributed by atoms with E-state index in [2.05, 4.69) is 4.98 Å². The highest BCUT2D eigenvalue weighted by molar-refractivity contribution is 5.46. The molecule has 6 nitrogen and oxygen atoms in total. The zero-order valence-electron chi connectivity index (χ0n) is 11.6. The Bertz CT molecular complexity index is 759. The average molecular weight is 276 g/mol. The molecule has 1 heterocycles. The van der Waals surface area contributed by atoms with Gasteiger partial charge in [-0.25, -0.2) is 9.36 Å². The molecule has 0 amide bonds. The molecular formula is C14H16N2O4. The second kappa shape index (κ2) is 5.24. The standard InChI is InChI=1S/C14H16N2O4/c1-4-10-12(17)15-14(19)16(13(10)18)9-5-6-11(20-3)8(2)7-9/h5-7,18H,4H2,1-3H3,(H,15,17,19). The van der Waals surface area contributed by atoms with Crippen LogP contribution in [0.4, 0.5) is 0 Å². The van der Waals surface area contributed by atoms with Crippen LogP contribution in [0.15, 0.2) is 27.8 Å². The predicted molar refractivity (Wildman–Crippen MR) is 75.0 cm³/mol. The summed E-state index contributed by atoms with van der Waals surface area (Å²) in [7, 11) is 1.56. The molecule has 0 aliphatic rings. The van der Waals surface area contributed by atoms with Gasteiger partial charge in [-0.3, -0.25) is 9.78 Å². The number of aromatic hydroxyl groups is 1. The number of aromatic nitrogens is 2. The molecule has 0 spiro atoms. The van der Waals surface area contributed by atoms with E-state index in [-0.39, 0.29) is 11.4 Å². The Morgan fingerprint density at radius 1 is 1.35 bits per heavy atom. The molecule has 2 aromatic rings. The van der Waals surface area contributed by atoms with E-state index >= 15 is 0 Å². The fourth-order valence-corrected chi connectivity index (χ4v) is 2.12. The van der Waals surface area contributed by atoms with Gasteiger partial charge in [-0.2, -0.15) is 0 Å². The highest BCUT2D eigenvalue weighted by Gasteiger charge is 2.14. The third kappa shape index (κ3) is 2.20. The Morgan fingerprint density at radius 3 is 2.60 bits per heavy atom. The normalized spacial score (nSPS) is 10.6. The molecule has 0 saturated heterocycles. The molecule has 0 unspecified atom stereocenters. The van der Waals surface area contributed by atoms with Crippen LogP contribution in [0.3, 0.4) is 0 Å². The summed E-state index contributed by atoms with van der Waals surface area (Å²) in [4.78, 5) is 25.7. The number of nitrogens with zero attached hydrogens (tertiary/aromatic N) is 1. The van der Waals surface area contributed by atoms with Crippen LogP contribution in [0, 0.1) is 6.92 Å². The summed E-state index contributed by atoms with van der Waals surface area (Å²) in [5.41, 5.74) is 0.237. The number of rotatable bonds is 3. The highest BCUT2D eigenvalue weighted by atomic mass is 16.5. The van der Waals surface area contributed by atoms with Crippen LogP contribution in [0.5, 0.6) is 11.6 Å². The number of aryl methyl sites for hydroxylation is 1. The van der Waals surface area contributed by atoms with E-state index in [1.165, 1.54) is 0 Å². The van der Waals surface area contributed by atoms with E-state index in [9.17, 15) is 14.7 Å². The molecule has 2 rings (SSSR count). The molecule has 0 atom stereocenters. The van der Waals surface area contributed by atoms with Gasteiger partial charge in [0.15, 0.2) is 0 Å². The number of aromatic amines is 1. The summed E-state index contributed by atoms with van der Waals surface area (Å²) < 4.78 is 6.23. The Labute approximate surface area is 115 Å². The average Bonchev–Trinajstić information content (AvgIpc) is 2.39. The summed E-state index contributed by atoms with van der Waals surface area (Å²) in [5, 5.41) is 10.1. The topological polar surface area (TPSA) is 84.3 Å². The smallest absolute Gasteiger partial charge is 0.335 e. The maximum absolute atomic E-state index is 11.9. The molecule has 0 fully saturated rings. The Kier molecular flexibility index (Phi) is 3.65. The van der Waals surface area contributed by atoms with E-state index in [4.69, 9.17) is 4.74 Å². The van der Waals surface area contributed by atoms with E-state index < -0.39 is 11.2 Å². The van der Waals surface area contributed by atoms with Gasteiger partial charge in [0.2, 0.25) is 5.88 Å². The quantitative estimate of drug-likeness (QED) is 0.879. The zero-order chi connectivity index (χ0) is 14.9. The minimum atomic E-state index is -0.672. The predicted octanol–water partition coefficient (Wildman–Crippen LogP) is 1.11. The summed E-state index contributed by atoms with van der Waals surface area (Å²) in [6.07, 6.45) is 0.330. The summed E-state index contributed by atoms with van der Waals surface area (Å²) in [5.74, 6) is 0.354. The number of hydrogen-bond acceptors (Lipinski definition) is 4. The van der Waals surface area contributed by atoms with Gasteiger partial charge in [-0.05, 0) is 37.1 Å². The molecule has 6 heteroatoms. The molecule has 1 aromatic heterocycles. The van der Waals surface area contributed by atoms with E-state index in [0.717, 1.165) is 10.1 Å². The van der Waals surface area contributed by atoms with Crippen molar-refractivity contribution < 1.29 is 9.84 Å². The van der Waals surface area contributed by atoms with Crippen molar-refractivity contribution >= 4 is 0 Å². The molecule has 106 valence electrons. The van der Waals surface area contributed by atoms with Gasteiger partial charge in [-0.1, -0.05) is 6.92 Å². The number of methoxy groups -OCH3 is 1. The lowest BCUT2D eigenvalue weighted by Gasteiger charge is -2.12. The van der Waals surface area contributed by atoms with Crippen molar-refractivity contribution in [3.63, 3.8) is 0 Å². The molecule has 0 aliphatic heterocycles. The van der Waals surface area contributed by atoms with Gasteiger partial charge in [0.1, 0.15) is 5.75 Å². The fraction of sp³-hybridized carbons (Fsp3) is 0.286. The first-order valence-corrected chi connectivity index (χ1v) is 6.21. The minimum Gasteiger partial charge on any atom is -0.496 e. The maximum Gasteiger partial charge on any atom is 0.335 e. The van der Waals surface area contributed by atoms with Crippen LogP contribution in [-0.2, 0) is 6.42 Å². The third-order valence-corrected chi connectivity index (χ3v) is 3.17. The number of H-pyrrole nitrogens is 1. The summed E-state index contributed by atoms with van der Waals surface area (Å²) in [6, 6.07) is 5.05. The van der Waals surface area contributed by atoms with Gasteiger partial charge < -0.3 is 9.84 Å². The van der Waals surface area contributed by atoms with Crippen molar-refractivity contribution in [1.82, 2.24) is 9.55 Å². The summed E-state index contributed by atoms with van der Waals surface area (Å²) in [6.45, 7) is 3.56. The summed E-state index contributed by atoms with van der Waals surface area (Å²) >= 11 is 0. The van der Waals surface area contributed by atoms with E-state index in [0.29, 0.717) is 17.9 Å².